The zero-order chi connectivity index (χ0) is 12.4. The lowest BCUT2D eigenvalue weighted by atomic mass is 10.1. The molecule has 1 fully saturated rings. The summed E-state index contributed by atoms with van der Waals surface area (Å²) in [6, 6.07) is 1.43. The van der Waals surface area contributed by atoms with Crippen LogP contribution in [0.2, 0.25) is 5.02 Å². The summed E-state index contributed by atoms with van der Waals surface area (Å²) in [4.78, 5) is 14.0. The van der Waals surface area contributed by atoms with Crippen LogP contribution < -0.4 is 5.32 Å². The molecule has 1 saturated heterocycles. The van der Waals surface area contributed by atoms with Gasteiger partial charge < -0.3 is 10.1 Å². The maximum atomic E-state index is 10.5. The highest BCUT2D eigenvalue weighted by atomic mass is 35.5. The van der Waals surface area contributed by atoms with Crippen LogP contribution >= 0.6 is 11.6 Å². The van der Waals surface area contributed by atoms with E-state index in [1.807, 2.05) is 6.92 Å². The van der Waals surface area contributed by atoms with Crippen molar-refractivity contribution in [3.05, 3.63) is 27.4 Å². The predicted octanol–water partition coefficient (Wildman–Crippen LogP) is 2.23. The van der Waals surface area contributed by atoms with Crippen molar-refractivity contribution in [1.29, 1.82) is 0 Å². The minimum absolute atomic E-state index is 0.0862. The van der Waals surface area contributed by atoms with Crippen molar-refractivity contribution in [2.24, 2.45) is 0 Å². The number of aromatic nitrogens is 1. The number of nitrogens with one attached hydrogen (secondary N) is 1. The van der Waals surface area contributed by atoms with Crippen molar-refractivity contribution in [1.82, 2.24) is 4.98 Å². The number of hydrogen-bond acceptors (Lipinski definition) is 5. The van der Waals surface area contributed by atoms with Gasteiger partial charge in [-0.25, -0.2) is 4.98 Å². The summed E-state index contributed by atoms with van der Waals surface area (Å²) < 4.78 is 5.40. The first kappa shape index (κ1) is 12.1. The highest BCUT2D eigenvalue weighted by Gasteiger charge is 2.25. The molecule has 0 aromatic carbocycles. The number of anilines is 1. The predicted molar refractivity (Wildman–Crippen MR) is 63.3 cm³/mol. The van der Waals surface area contributed by atoms with E-state index in [-0.39, 0.29) is 22.9 Å². The Bertz CT molecular complexity index is 441. The van der Waals surface area contributed by atoms with Gasteiger partial charge in [0.05, 0.1) is 22.1 Å². The number of nitro groups is 1. The molecule has 2 atom stereocenters. The van der Waals surface area contributed by atoms with Gasteiger partial charge in [0.1, 0.15) is 12.0 Å². The molecule has 0 saturated carbocycles. The van der Waals surface area contributed by atoms with Crippen molar-refractivity contribution in [2.75, 3.05) is 11.9 Å². The molecule has 0 amide bonds. The third-order valence-corrected chi connectivity index (χ3v) is 3.02. The zero-order valence-corrected chi connectivity index (χ0v) is 9.98. The number of ether oxygens (including phenoxy) is 1. The lowest BCUT2D eigenvalue weighted by Gasteiger charge is -2.17. The third-order valence-electron chi connectivity index (χ3n) is 2.74. The van der Waals surface area contributed by atoms with E-state index in [0.29, 0.717) is 12.4 Å². The van der Waals surface area contributed by atoms with Crippen molar-refractivity contribution in [3.63, 3.8) is 0 Å². The van der Waals surface area contributed by atoms with Crippen LogP contribution in [0.25, 0.3) is 0 Å². The first-order chi connectivity index (χ1) is 8.08. The van der Waals surface area contributed by atoms with E-state index in [0.717, 1.165) is 6.42 Å². The van der Waals surface area contributed by atoms with E-state index >= 15 is 0 Å². The molecule has 2 unspecified atom stereocenters. The molecular weight excluding hydrogens is 246 g/mol. The van der Waals surface area contributed by atoms with Crippen LogP contribution in [0.5, 0.6) is 0 Å². The third kappa shape index (κ3) is 2.65. The molecule has 92 valence electrons. The zero-order valence-electron chi connectivity index (χ0n) is 9.22. The Morgan fingerprint density at radius 1 is 1.71 bits per heavy atom. The largest absolute Gasteiger partial charge is 0.376 e. The molecule has 0 aliphatic carbocycles. The molecule has 0 spiro atoms. The second kappa shape index (κ2) is 4.85. The van der Waals surface area contributed by atoms with E-state index in [1.165, 1.54) is 12.3 Å². The molecule has 1 aliphatic rings. The number of hydrogen-bond donors (Lipinski definition) is 1. The molecule has 1 N–H and O–H groups in total. The van der Waals surface area contributed by atoms with Gasteiger partial charge in [-0.05, 0) is 13.3 Å². The van der Waals surface area contributed by atoms with Gasteiger partial charge in [-0.3, -0.25) is 10.1 Å². The molecule has 17 heavy (non-hydrogen) atoms. The lowest BCUT2D eigenvalue weighted by molar-refractivity contribution is -0.385. The van der Waals surface area contributed by atoms with Crippen LogP contribution in [-0.2, 0) is 4.74 Å². The summed E-state index contributed by atoms with van der Waals surface area (Å²) in [5.41, 5.74) is -0.115. The number of rotatable bonds is 3. The van der Waals surface area contributed by atoms with Gasteiger partial charge in [0.2, 0.25) is 0 Å². The van der Waals surface area contributed by atoms with E-state index in [9.17, 15) is 10.1 Å². The molecule has 6 nitrogen and oxygen atoms in total. The monoisotopic (exact) mass is 257 g/mol. The number of pyridine rings is 1. The fourth-order valence-corrected chi connectivity index (χ4v) is 1.95. The Kier molecular flexibility index (Phi) is 3.44. The molecular formula is C10H12ClN3O3. The van der Waals surface area contributed by atoms with Gasteiger partial charge in [0, 0.05) is 12.7 Å². The smallest absolute Gasteiger partial charge is 0.289 e. The van der Waals surface area contributed by atoms with Crippen LogP contribution in [0.3, 0.4) is 0 Å². The molecule has 1 aromatic rings. The average molecular weight is 258 g/mol. The molecule has 2 heterocycles. The van der Waals surface area contributed by atoms with E-state index in [2.05, 4.69) is 10.3 Å². The van der Waals surface area contributed by atoms with Gasteiger partial charge in [-0.2, -0.15) is 0 Å². The minimum atomic E-state index is -0.524. The Balaban J connectivity index is 2.14. The van der Waals surface area contributed by atoms with Crippen LogP contribution in [0, 0.1) is 10.1 Å². The maximum absolute atomic E-state index is 10.5. The SMILES string of the molecule is CC1OCCC1Nc1ncc([N+](=O)[O-])cc1Cl. The van der Waals surface area contributed by atoms with Crippen LogP contribution in [0.15, 0.2) is 12.3 Å². The summed E-state index contributed by atoms with van der Waals surface area (Å²) in [6.45, 7) is 2.66. The van der Waals surface area contributed by atoms with Crippen LogP contribution in [0.4, 0.5) is 11.5 Å². The summed E-state index contributed by atoms with van der Waals surface area (Å²) in [5.74, 6) is 0.458. The topological polar surface area (TPSA) is 77.3 Å². The van der Waals surface area contributed by atoms with Gasteiger partial charge >= 0.3 is 0 Å². The Morgan fingerprint density at radius 2 is 2.47 bits per heavy atom. The second-order valence-electron chi connectivity index (χ2n) is 3.90. The van der Waals surface area contributed by atoms with Gasteiger partial charge in [-0.15, -0.1) is 0 Å². The van der Waals surface area contributed by atoms with Crippen LogP contribution in [-0.4, -0.2) is 28.7 Å². The molecule has 0 bridgehead atoms. The fourth-order valence-electron chi connectivity index (χ4n) is 1.73. The second-order valence-corrected chi connectivity index (χ2v) is 4.30. The Morgan fingerprint density at radius 3 is 3.00 bits per heavy atom. The first-order valence-corrected chi connectivity index (χ1v) is 5.64. The number of nitrogens with zero attached hydrogens (tertiary/aromatic N) is 2. The summed E-state index contributed by atoms with van der Waals surface area (Å²) in [7, 11) is 0. The lowest BCUT2D eigenvalue weighted by Crippen LogP contribution is -2.27. The van der Waals surface area contributed by atoms with E-state index in [4.69, 9.17) is 16.3 Å². The minimum Gasteiger partial charge on any atom is -0.376 e. The molecule has 0 radical (unpaired) electrons. The highest BCUT2D eigenvalue weighted by molar-refractivity contribution is 6.33. The quantitative estimate of drug-likeness (QED) is 0.664. The maximum Gasteiger partial charge on any atom is 0.289 e. The Hall–Kier alpha value is -1.40. The Labute approximate surface area is 103 Å². The van der Waals surface area contributed by atoms with Crippen molar-refractivity contribution < 1.29 is 9.66 Å². The van der Waals surface area contributed by atoms with E-state index < -0.39 is 4.92 Å². The molecule has 1 aliphatic heterocycles. The van der Waals surface area contributed by atoms with Gasteiger partial charge in [0.25, 0.3) is 5.69 Å². The van der Waals surface area contributed by atoms with E-state index in [1.54, 1.807) is 0 Å². The molecule has 2 rings (SSSR count). The number of halogens is 1. The summed E-state index contributed by atoms with van der Waals surface area (Å²) >= 11 is 5.93. The highest BCUT2D eigenvalue weighted by Crippen LogP contribution is 2.26. The average Bonchev–Trinajstić information content (AvgIpc) is 2.67. The van der Waals surface area contributed by atoms with Crippen molar-refractivity contribution in [3.8, 4) is 0 Å². The molecule has 7 heteroatoms. The fraction of sp³-hybridized carbons (Fsp3) is 0.500. The molecule has 1 aromatic heterocycles. The van der Waals surface area contributed by atoms with Gasteiger partial charge in [-0.1, -0.05) is 11.6 Å². The standard InChI is InChI=1S/C10H12ClN3O3/c1-6-9(2-3-17-6)13-10-8(11)4-7(5-12-10)14(15)16/h4-6,9H,2-3H2,1H3,(H,12,13). The van der Waals surface area contributed by atoms with Crippen molar-refractivity contribution >= 4 is 23.1 Å². The summed E-state index contributed by atoms with van der Waals surface area (Å²) in [6.07, 6.45) is 2.15. The normalized spacial score (nSPS) is 23.6. The van der Waals surface area contributed by atoms with Crippen molar-refractivity contribution in [2.45, 2.75) is 25.5 Å². The van der Waals surface area contributed by atoms with Crippen LogP contribution in [0.1, 0.15) is 13.3 Å². The first-order valence-electron chi connectivity index (χ1n) is 5.26. The summed E-state index contributed by atoms with van der Waals surface area (Å²) in [5, 5.41) is 13.9. The van der Waals surface area contributed by atoms with Gasteiger partial charge in [0.15, 0.2) is 0 Å².